The maximum atomic E-state index is 2.48. The first-order chi connectivity index (χ1) is 8.98. The van der Waals surface area contributed by atoms with Gasteiger partial charge in [-0.05, 0) is 54.8 Å². The molecule has 0 heteroatoms. The fourth-order valence-electron chi connectivity index (χ4n) is 4.17. The van der Waals surface area contributed by atoms with Crippen LogP contribution in [0.25, 0.3) is 0 Å². The highest BCUT2D eigenvalue weighted by Crippen LogP contribution is 2.66. The zero-order valence-electron chi connectivity index (χ0n) is 14.1. The van der Waals surface area contributed by atoms with E-state index in [-0.39, 0.29) is 0 Å². The predicted molar refractivity (Wildman–Crippen MR) is 85.2 cm³/mol. The largest absolute Gasteiger partial charge is 0.0651 e. The lowest BCUT2D eigenvalue weighted by Gasteiger charge is -2.11. The Bertz CT molecular complexity index is 345. The second kappa shape index (κ2) is 5.62. The van der Waals surface area contributed by atoms with E-state index >= 15 is 0 Å². The summed E-state index contributed by atoms with van der Waals surface area (Å²) < 4.78 is 0. The molecule has 0 radical (unpaired) electrons. The first-order valence-corrected chi connectivity index (χ1v) is 8.71. The molecule has 0 amide bonds. The maximum Gasteiger partial charge on any atom is -0.00783 e. The third kappa shape index (κ3) is 2.93. The summed E-state index contributed by atoms with van der Waals surface area (Å²) in [6, 6.07) is 0. The molecule has 2 saturated carbocycles. The van der Waals surface area contributed by atoms with Crippen molar-refractivity contribution in [3.05, 3.63) is 11.1 Å². The number of rotatable bonds is 7. The van der Waals surface area contributed by atoms with E-state index in [2.05, 4.69) is 41.5 Å². The lowest BCUT2D eigenvalue weighted by molar-refractivity contribution is 0.407. The summed E-state index contributed by atoms with van der Waals surface area (Å²) in [5.41, 5.74) is 4.38. The third-order valence-electron chi connectivity index (χ3n) is 6.14. The molecule has 0 aromatic heterocycles. The molecule has 0 heterocycles. The van der Waals surface area contributed by atoms with E-state index in [9.17, 15) is 0 Å². The zero-order chi connectivity index (χ0) is 14.2. The van der Waals surface area contributed by atoms with Gasteiger partial charge in [0.15, 0.2) is 0 Å². The third-order valence-corrected chi connectivity index (χ3v) is 6.14. The zero-order valence-corrected chi connectivity index (χ0v) is 14.1. The molecule has 2 aliphatic rings. The Balaban J connectivity index is 1.98. The second-order valence-electron chi connectivity index (χ2n) is 7.66. The molecule has 2 aliphatic carbocycles. The van der Waals surface area contributed by atoms with Crippen molar-refractivity contribution in [2.24, 2.45) is 29.1 Å². The van der Waals surface area contributed by atoms with Gasteiger partial charge in [-0.25, -0.2) is 0 Å². The van der Waals surface area contributed by atoms with Gasteiger partial charge in [0.1, 0.15) is 0 Å². The molecule has 3 atom stereocenters. The number of hydrogen-bond donors (Lipinski definition) is 0. The van der Waals surface area contributed by atoms with E-state index < -0.39 is 0 Å². The van der Waals surface area contributed by atoms with Crippen LogP contribution >= 0.6 is 0 Å². The monoisotopic (exact) mass is 262 g/mol. The van der Waals surface area contributed by atoms with Gasteiger partial charge < -0.3 is 0 Å². The van der Waals surface area contributed by atoms with E-state index in [0.717, 1.165) is 23.7 Å². The van der Waals surface area contributed by atoms with Gasteiger partial charge in [-0.15, -0.1) is 0 Å². The molecular formula is C19H34. The highest BCUT2D eigenvalue weighted by molar-refractivity contribution is 5.47. The average molecular weight is 262 g/mol. The van der Waals surface area contributed by atoms with Crippen molar-refractivity contribution in [2.45, 2.75) is 80.1 Å². The molecule has 0 nitrogen and oxygen atoms in total. The van der Waals surface area contributed by atoms with Gasteiger partial charge in [-0.3, -0.25) is 0 Å². The number of allylic oxidation sites excluding steroid dienone is 2. The molecular weight excluding hydrogens is 228 g/mol. The average Bonchev–Trinajstić information content (AvgIpc) is 3.25. The minimum absolute atomic E-state index is 0.603. The summed E-state index contributed by atoms with van der Waals surface area (Å²) in [6.07, 6.45) is 8.41. The Labute approximate surface area is 121 Å². The maximum absolute atomic E-state index is 2.48. The lowest BCUT2D eigenvalue weighted by Crippen LogP contribution is -1.99. The molecule has 0 bridgehead atoms. The van der Waals surface area contributed by atoms with Crippen LogP contribution in [0.2, 0.25) is 0 Å². The molecule has 3 unspecified atom stereocenters. The van der Waals surface area contributed by atoms with Gasteiger partial charge in [0, 0.05) is 0 Å². The SMILES string of the molecule is CCC(CC)CCC1C(=C2CC2(C)CC)C1C(C)C. The molecule has 2 rings (SSSR count). The van der Waals surface area contributed by atoms with Crippen LogP contribution in [0.4, 0.5) is 0 Å². The van der Waals surface area contributed by atoms with Crippen molar-refractivity contribution in [3.63, 3.8) is 0 Å². The predicted octanol–water partition coefficient (Wildman–Crippen LogP) is 6.22. The molecule has 19 heavy (non-hydrogen) atoms. The normalized spacial score (nSPS) is 37.3. The van der Waals surface area contributed by atoms with Crippen LogP contribution in [-0.2, 0) is 0 Å². The van der Waals surface area contributed by atoms with E-state index in [4.69, 9.17) is 0 Å². The summed E-state index contributed by atoms with van der Waals surface area (Å²) in [6.45, 7) is 14.4. The summed E-state index contributed by atoms with van der Waals surface area (Å²) in [5.74, 6) is 3.73. The molecule has 0 saturated heterocycles. The van der Waals surface area contributed by atoms with Gasteiger partial charge in [0.2, 0.25) is 0 Å². The highest BCUT2D eigenvalue weighted by atomic mass is 14.6. The smallest absolute Gasteiger partial charge is 0.00783 e. The van der Waals surface area contributed by atoms with Crippen LogP contribution in [-0.4, -0.2) is 0 Å². The quantitative estimate of drug-likeness (QED) is 0.478. The van der Waals surface area contributed by atoms with Crippen molar-refractivity contribution < 1.29 is 0 Å². The molecule has 0 aromatic rings. The van der Waals surface area contributed by atoms with Crippen LogP contribution in [0.15, 0.2) is 11.1 Å². The van der Waals surface area contributed by atoms with Crippen LogP contribution in [0.1, 0.15) is 80.1 Å². The summed E-state index contributed by atoms with van der Waals surface area (Å²) in [4.78, 5) is 0. The Morgan fingerprint density at radius 3 is 2.21 bits per heavy atom. The topological polar surface area (TPSA) is 0 Å². The highest BCUT2D eigenvalue weighted by Gasteiger charge is 2.55. The van der Waals surface area contributed by atoms with Gasteiger partial charge >= 0.3 is 0 Å². The minimum Gasteiger partial charge on any atom is -0.0651 e. The van der Waals surface area contributed by atoms with Gasteiger partial charge in [-0.2, -0.15) is 0 Å². The molecule has 110 valence electrons. The first kappa shape index (κ1) is 15.1. The second-order valence-corrected chi connectivity index (χ2v) is 7.66. The van der Waals surface area contributed by atoms with Gasteiger partial charge in [0.05, 0.1) is 0 Å². The molecule has 0 aliphatic heterocycles. The molecule has 2 fully saturated rings. The number of hydrogen-bond acceptors (Lipinski definition) is 0. The van der Waals surface area contributed by atoms with Crippen molar-refractivity contribution in [2.75, 3.05) is 0 Å². The summed E-state index contributed by atoms with van der Waals surface area (Å²) in [5, 5.41) is 0. The van der Waals surface area contributed by atoms with Gasteiger partial charge in [-0.1, -0.05) is 65.5 Å². The fourth-order valence-corrected chi connectivity index (χ4v) is 4.17. The van der Waals surface area contributed by atoms with Crippen molar-refractivity contribution >= 4 is 0 Å². The first-order valence-electron chi connectivity index (χ1n) is 8.71. The van der Waals surface area contributed by atoms with E-state index in [1.54, 1.807) is 0 Å². The minimum atomic E-state index is 0.603. The van der Waals surface area contributed by atoms with Crippen molar-refractivity contribution in [1.29, 1.82) is 0 Å². The van der Waals surface area contributed by atoms with Crippen LogP contribution in [0, 0.1) is 29.1 Å². The summed E-state index contributed by atoms with van der Waals surface area (Å²) >= 11 is 0. The van der Waals surface area contributed by atoms with Crippen molar-refractivity contribution in [1.82, 2.24) is 0 Å². The Morgan fingerprint density at radius 1 is 1.16 bits per heavy atom. The van der Waals surface area contributed by atoms with Crippen LogP contribution in [0.3, 0.4) is 0 Å². The standard InChI is InChI=1S/C19H34/c1-7-14(8-2)10-11-15-17(13(4)5)18(15)16-12-19(16,6)9-3/h13-15,17H,7-12H2,1-6H3. The lowest BCUT2D eigenvalue weighted by atomic mass is 9.95. The Hall–Kier alpha value is -0.260. The molecule has 0 spiro atoms. The van der Waals surface area contributed by atoms with Crippen molar-refractivity contribution in [3.8, 4) is 0 Å². The van der Waals surface area contributed by atoms with E-state index in [1.165, 1.54) is 38.5 Å². The van der Waals surface area contributed by atoms with Crippen LogP contribution in [0.5, 0.6) is 0 Å². The molecule has 0 N–H and O–H groups in total. The Kier molecular flexibility index (Phi) is 4.48. The van der Waals surface area contributed by atoms with Gasteiger partial charge in [0.25, 0.3) is 0 Å². The summed E-state index contributed by atoms with van der Waals surface area (Å²) in [7, 11) is 0. The molecule has 0 aromatic carbocycles. The van der Waals surface area contributed by atoms with Crippen LogP contribution < -0.4 is 0 Å². The Morgan fingerprint density at radius 2 is 1.79 bits per heavy atom. The van der Waals surface area contributed by atoms with E-state index in [0.29, 0.717) is 5.41 Å². The van der Waals surface area contributed by atoms with E-state index in [1.807, 2.05) is 11.1 Å². The fraction of sp³-hybridized carbons (Fsp3) is 0.895.